The van der Waals surface area contributed by atoms with E-state index in [9.17, 15) is 23.3 Å². The Morgan fingerprint density at radius 1 is 1.08 bits per heavy atom. The number of carbonyl (C=O) groups excluding carboxylic acids is 1. The molecular weight excluding hydrogens is 512 g/mol. The zero-order valence-electron chi connectivity index (χ0n) is 20.8. The van der Waals surface area contributed by atoms with Crippen molar-refractivity contribution in [3.63, 3.8) is 0 Å². The highest BCUT2D eigenvalue weighted by Crippen LogP contribution is 2.53. The van der Waals surface area contributed by atoms with E-state index in [0.29, 0.717) is 22.6 Å². The standard InChI is InChI=1S/C27H26N2O8S/c1-3-35-25(30)14-21-20-13-23-24(37-16-36-23)15-22(20)28(38(33,34)19-11-9-17(2)10-12-19)26(27(21)29(31)32)18-7-5-4-6-8-18/h4-13,15,21,26-27H,3,14,16H2,1-2H3/t21-,26-,27+/m1/s1. The Balaban J connectivity index is 1.81. The van der Waals surface area contributed by atoms with Gasteiger partial charge in [0, 0.05) is 11.0 Å². The zero-order chi connectivity index (χ0) is 27.0. The zero-order valence-corrected chi connectivity index (χ0v) is 21.6. The van der Waals surface area contributed by atoms with Crippen LogP contribution in [0.5, 0.6) is 11.5 Å². The van der Waals surface area contributed by atoms with E-state index in [-0.39, 0.29) is 30.4 Å². The van der Waals surface area contributed by atoms with Gasteiger partial charge in [-0.25, -0.2) is 8.42 Å². The van der Waals surface area contributed by atoms with Crippen molar-refractivity contribution in [1.82, 2.24) is 0 Å². The van der Waals surface area contributed by atoms with E-state index in [0.717, 1.165) is 9.87 Å². The maximum absolute atomic E-state index is 14.3. The molecular formula is C27H26N2O8S. The number of anilines is 1. The summed E-state index contributed by atoms with van der Waals surface area (Å²) in [6, 6.07) is 15.0. The summed E-state index contributed by atoms with van der Waals surface area (Å²) >= 11 is 0. The first-order valence-corrected chi connectivity index (χ1v) is 13.5. The molecule has 38 heavy (non-hydrogen) atoms. The van der Waals surface area contributed by atoms with E-state index in [2.05, 4.69) is 0 Å². The summed E-state index contributed by atoms with van der Waals surface area (Å²) in [5, 5.41) is 12.8. The molecule has 10 nitrogen and oxygen atoms in total. The minimum atomic E-state index is -4.32. The predicted octanol–water partition coefficient (Wildman–Crippen LogP) is 4.36. The maximum Gasteiger partial charge on any atom is 0.306 e. The van der Waals surface area contributed by atoms with Gasteiger partial charge in [0.15, 0.2) is 11.5 Å². The fraction of sp³-hybridized carbons (Fsp3) is 0.296. The van der Waals surface area contributed by atoms with Crippen LogP contribution in [0.4, 0.5) is 5.69 Å². The van der Waals surface area contributed by atoms with Crippen LogP contribution in [-0.2, 0) is 19.6 Å². The SMILES string of the molecule is CCOC(=O)C[C@@H]1c2cc3c(cc2N(S(=O)(=O)c2ccc(C)cc2)[C@H](c2ccccc2)[C@H]1[N+](=O)[O-])OCO3. The number of esters is 1. The number of nitro groups is 1. The molecule has 2 aliphatic rings. The summed E-state index contributed by atoms with van der Waals surface area (Å²) in [7, 11) is -4.32. The van der Waals surface area contributed by atoms with E-state index in [1.807, 2.05) is 6.92 Å². The van der Waals surface area contributed by atoms with Crippen molar-refractivity contribution in [2.24, 2.45) is 0 Å². The van der Waals surface area contributed by atoms with E-state index in [1.165, 1.54) is 24.3 Å². The predicted molar refractivity (Wildman–Crippen MR) is 137 cm³/mol. The van der Waals surface area contributed by atoms with Crippen molar-refractivity contribution in [2.45, 2.75) is 43.2 Å². The van der Waals surface area contributed by atoms with E-state index < -0.39 is 38.9 Å². The molecule has 0 saturated carbocycles. The molecule has 2 heterocycles. The van der Waals surface area contributed by atoms with Crippen LogP contribution in [0.1, 0.15) is 42.0 Å². The molecule has 3 aromatic rings. The van der Waals surface area contributed by atoms with Crippen LogP contribution in [-0.4, -0.2) is 38.8 Å². The minimum Gasteiger partial charge on any atom is -0.466 e. The van der Waals surface area contributed by atoms with Crippen molar-refractivity contribution in [1.29, 1.82) is 0 Å². The van der Waals surface area contributed by atoms with Crippen LogP contribution < -0.4 is 13.8 Å². The van der Waals surface area contributed by atoms with Gasteiger partial charge < -0.3 is 14.2 Å². The highest BCUT2D eigenvalue weighted by molar-refractivity contribution is 7.92. The molecule has 2 aliphatic heterocycles. The van der Waals surface area contributed by atoms with Crippen LogP contribution in [0.25, 0.3) is 0 Å². The van der Waals surface area contributed by atoms with Gasteiger partial charge in [-0.15, -0.1) is 0 Å². The summed E-state index contributed by atoms with van der Waals surface area (Å²) in [5.41, 5.74) is 1.77. The Morgan fingerprint density at radius 3 is 2.37 bits per heavy atom. The van der Waals surface area contributed by atoms with Crippen LogP contribution >= 0.6 is 0 Å². The van der Waals surface area contributed by atoms with Crippen LogP contribution in [0.2, 0.25) is 0 Å². The van der Waals surface area contributed by atoms with Gasteiger partial charge in [0.05, 0.1) is 29.5 Å². The average Bonchev–Trinajstić information content (AvgIpc) is 3.35. The second-order valence-electron chi connectivity index (χ2n) is 9.13. The Morgan fingerprint density at radius 2 is 1.74 bits per heavy atom. The maximum atomic E-state index is 14.3. The first-order chi connectivity index (χ1) is 18.2. The third kappa shape index (κ3) is 4.43. The number of rotatable bonds is 7. The molecule has 0 amide bonds. The summed E-state index contributed by atoms with van der Waals surface area (Å²) in [6.45, 7) is 3.52. The van der Waals surface area contributed by atoms with Crippen LogP contribution in [0.15, 0.2) is 71.6 Å². The van der Waals surface area contributed by atoms with Crippen molar-refractivity contribution >= 4 is 21.7 Å². The van der Waals surface area contributed by atoms with Gasteiger partial charge in [0.2, 0.25) is 12.8 Å². The normalized spacial score (nSPS) is 20.1. The molecule has 198 valence electrons. The molecule has 0 fully saturated rings. The number of fused-ring (bicyclic) bond motifs is 2. The smallest absolute Gasteiger partial charge is 0.306 e. The van der Waals surface area contributed by atoms with Crippen LogP contribution in [0.3, 0.4) is 0 Å². The lowest BCUT2D eigenvalue weighted by Crippen LogP contribution is -2.50. The molecule has 0 saturated heterocycles. The first kappa shape index (κ1) is 25.5. The molecule has 5 rings (SSSR count). The fourth-order valence-corrected chi connectivity index (χ4v) is 6.77. The van der Waals surface area contributed by atoms with E-state index in [1.54, 1.807) is 49.4 Å². The first-order valence-electron chi connectivity index (χ1n) is 12.1. The third-order valence-electron chi connectivity index (χ3n) is 6.80. The number of sulfonamides is 1. The lowest BCUT2D eigenvalue weighted by molar-refractivity contribution is -0.531. The number of carbonyl (C=O) groups is 1. The van der Waals surface area contributed by atoms with Gasteiger partial charge in [-0.05, 0) is 43.2 Å². The van der Waals surface area contributed by atoms with Crippen molar-refractivity contribution in [3.8, 4) is 11.5 Å². The fourth-order valence-electron chi connectivity index (χ4n) is 5.11. The topological polar surface area (TPSA) is 125 Å². The lowest BCUT2D eigenvalue weighted by atomic mass is 9.78. The molecule has 0 aliphatic carbocycles. The number of hydrogen-bond donors (Lipinski definition) is 0. The molecule has 0 unspecified atom stereocenters. The van der Waals surface area contributed by atoms with Gasteiger partial charge in [-0.3, -0.25) is 19.2 Å². The molecule has 0 aromatic heterocycles. The van der Waals surface area contributed by atoms with Crippen molar-refractivity contribution in [3.05, 3.63) is 93.5 Å². The Labute approximate surface area is 219 Å². The summed E-state index contributed by atoms with van der Waals surface area (Å²) in [5.74, 6) is -0.975. The van der Waals surface area contributed by atoms with Crippen molar-refractivity contribution in [2.75, 3.05) is 17.7 Å². The second-order valence-corrected chi connectivity index (χ2v) is 10.9. The summed E-state index contributed by atoms with van der Waals surface area (Å²) in [6.07, 6.45) is -0.312. The van der Waals surface area contributed by atoms with Gasteiger partial charge >= 0.3 is 5.97 Å². The number of aryl methyl sites for hydroxylation is 1. The highest BCUT2D eigenvalue weighted by Gasteiger charge is 2.54. The molecule has 0 spiro atoms. The van der Waals surface area contributed by atoms with E-state index in [4.69, 9.17) is 14.2 Å². The lowest BCUT2D eigenvalue weighted by Gasteiger charge is -2.42. The number of nitrogens with zero attached hydrogens (tertiary/aromatic N) is 2. The minimum absolute atomic E-state index is 0.0152. The number of ether oxygens (including phenoxy) is 3. The van der Waals surface area contributed by atoms with Gasteiger partial charge in [-0.2, -0.15) is 0 Å². The Hall–Kier alpha value is -4.12. The molecule has 0 radical (unpaired) electrons. The number of hydrogen-bond acceptors (Lipinski definition) is 8. The molecule has 3 atom stereocenters. The van der Waals surface area contributed by atoms with E-state index >= 15 is 0 Å². The van der Waals surface area contributed by atoms with Crippen LogP contribution in [0, 0.1) is 17.0 Å². The Bertz CT molecular complexity index is 1470. The van der Waals surface area contributed by atoms with Gasteiger partial charge in [0.25, 0.3) is 10.0 Å². The van der Waals surface area contributed by atoms with Crippen molar-refractivity contribution < 1.29 is 32.3 Å². The summed E-state index contributed by atoms with van der Waals surface area (Å²) in [4.78, 5) is 24.9. The Kier molecular flexibility index (Phi) is 6.70. The second kappa shape index (κ2) is 9.97. The number of benzene rings is 3. The largest absolute Gasteiger partial charge is 0.466 e. The monoisotopic (exact) mass is 538 g/mol. The highest BCUT2D eigenvalue weighted by atomic mass is 32.2. The summed E-state index contributed by atoms with van der Waals surface area (Å²) < 4.78 is 45.9. The molecule has 0 bridgehead atoms. The average molecular weight is 539 g/mol. The van der Waals surface area contributed by atoms with Gasteiger partial charge in [-0.1, -0.05) is 48.0 Å². The quantitative estimate of drug-likeness (QED) is 0.247. The molecule has 0 N–H and O–H groups in total. The third-order valence-corrected chi connectivity index (χ3v) is 8.61. The molecule has 3 aromatic carbocycles. The van der Waals surface area contributed by atoms with Gasteiger partial charge in [0.1, 0.15) is 6.04 Å². The molecule has 11 heteroatoms.